The molecule has 1 atom stereocenters. The van der Waals surface area contributed by atoms with E-state index in [-0.39, 0.29) is 17.4 Å². The quantitative estimate of drug-likeness (QED) is 0.137. The van der Waals surface area contributed by atoms with Gasteiger partial charge < -0.3 is 20.0 Å². The first-order valence-electron chi connectivity index (χ1n) is 14.7. The summed E-state index contributed by atoms with van der Waals surface area (Å²) in [7, 11) is 0. The Hall–Kier alpha value is -4.71. The molecule has 2 aliphatic carbocycles. The molecule has 1 aliphatic heterocycles. The zero-order chi connectivity index (χ0) is 28.8. The van der Waals surface area contributed by atoms with Crippen LogP contribution in [0.25, 0.3) is 27.1 Å². The molecule has 4 aromatic carbocycles. The minimum atomic E-state index is -0.645. The summed E-state index contributed by atoms with van der Waals surface area (Å²) >= 11 is 0. The second-order valence-corrected chi connectivity index (χ2v) is 11.2. The van der Waals surface area contributed by atoms with Gasteiger partial charge in [0, 0.05) is 35.1 Å². The minimum absolute atomic E-state index is 0.0524. The summed E-state index contributed by atoms with van der Waals surface area (Å²) in [5, 5.41) is 18.1. The van der Waals surface area contributed by atoms with Crippen molar-refractivity contribution in [2.45, 2.75) is 51.0 Å². The van der Waals surface area contributed by atoms with Gasteiger partial charge in [-0.1, -0.05) is 54.6 Å². The Labute approximate surface area is 243 Å². The van der Waals surface area contributed by atoms with Crippen molar-refractivity contribution >= 4 is 45.1 Å². The van der Waals surface area contributed by atoms with E-state index in [1.54, 1.807) is 6.08 Å². The number of aliphatic hydroxyl groups excluding tert-OH is 1. The van der Waals surface area contributed by atoms with E-state index < -0.39 is 5.92 Å². The third-order valence-corrected chi connectivity index (χ3v) is 8.82. The van der Waals surface area contributed by atoms with Crippen molar-refractivity contribution in [2.75, 3.05) is 6.61 Å². The first kappa shape index (κ1) is 26.2. The van der Waals surface area contributed by atoms with Gasteiger partial charge in [-0.25, -0.2) is 0 Å². The van der Waals surface area contributed by atoms with E-state index in [0.29, 0.717) is 54.7 Å². The monoisotopic (exact) mass is 557 g/mol. The third-order valence-electron chi connectivity index (χ3n) is 8.82. The predicted octanol–water partition coefficient (Wildman–Crippen LogP) is 7.08. The Morgan fingerprint density at radius 1 is 0.929 bits per heavy atom. The number of hydrogen-bond donors (Lipinski definition) is 2. The number of aliphatic hydroxyl groups is 1. The van der Waals surface area contributed by atoms with Crippen LogP contribution in [0.1, 0.15) is 77.1 Å². The van der Waals surface area contributed by atoms with Crippen molar-refractivity contribution in [1.82, 2.24) is 5.32 Å². The molecule has 1 amide bonds. The summed E-state index contributed by atoms with van der Waals surface area (Å²) < 4.78 is 6.35. The topological polar surface area (TPSA) is 92.7 Å². The van der Waals surface area contributed by atoms with E-state index >= 15 is 0 Å². The van der Waals surface area contributed by atoms with Gasteiger partial charge in [-0.3, -0.25) is 9.59 Å². The Morgan fingerprint density at radius 2 is 1.71 bits per heavy atom. The predicted molar refractivity (Wildman–Crippen MR) is 163 cm³/mol. The average molecular weight is 558 g/mol. The Bertz CT molecular complexity index is 1850. The van der Waals surface area contributed by atoms with Crippen LogP contribution in [0.15, 0.2) is 78.1 Å². The third kappa shape index (κ3) is 4.04. The highest BCUT2D eigenvalue weighted by molar-refractivity contribution is 6.25. The van der Waals surface area contributed by atoms with Gasteiger partial charge >= 0.3 is 0 Å². The maximum Gasteiger partial charge on any atom is 0.252 e. The molecule has 0 saturated carbocycles. The zero-order valence-corrected chi connectivity index (χ0v) is 23.2. The van der Waals surface area contributed by atoms with Crippen LogP contribution >= 0.6 is 0 Å². The van der Waals surface area contributed by atoms with E-state index in [1.807, 2.05) is 54.6 Å². The number of rotatable bonds is 8. The molecule has 0 radical (unpaired) electrons. The standard InChI is InChI=1S/C36H31NO5/c38-17-8-1-2-9-18-42-28-19-25-26-20-37-36(41)32(26)33-29(21-11-4-3-5-12-21)35(40)24-15-10-16-27(39)31(24)34(33)30(25)23-14-7-6-13-22(23)28/h3-7,11-14,16-17,19,29,39H,1-2,8-10,15,18,20H2,(H,37,41). The molecule has 1 unspecified atom stereocenters. The van der Waals surface area contributed by atoms with Crippen LogP contribution in [0.2, 0.25) is 0 Å². The van der Waals surface area contributed by atoms with Gasteiger partial charge in [0.25, 0.3) is 5.91 Å². The van der Waals surface area contributed by atoms with E-state index in [1.165, 1.54) is 0 Å². The molecule has 0 bridgehead atoms. The number of carbonyl (C=O) groups is 3. The molecule has 1 heterocycles. The molecule has 2 N–H and O–H groups in total. The molecule has 6 nitrogen and oxygen atoms in total. The molecular weight excluding hydrogens is 526 g/mol. The summed E-state index contributed by atoms with van der Waals surface area (Å²) in [5.74, 6) is -0.0702. The SMILES string of the molecule is O=CCCCCCOc1cc2c3c(c4c(c2c2ccccc12)C1=C(CCC=C1O)C(=O)C4c1ccccc1)C(=O)NC3. The number of benzene rings is 4. The lowest BCUT2D eigenvalue weighted by atomic mass is 9.68. The Kier molecular flexibility index (Phi) is 6.62. The summed E-state index contributed by atoms with van der Waals surface area (Å²) in [6.45, 7) is 0.868. The number of fused-ring (bicyclic) bond motifs is 9. The number of carbonyl (C=O) groups excluding carboxylic acids is 3. The van der Waals surface area contributed by atoms with Gasteiger partial charge in [0.05, 0.1) is 12.5 Å². The highest BCUT2D eigenvalue weighted by Crippen LogP contribution is 2.53. The van der Waals surface area contributed by atoms with Crippen LogP contribution in [-0.4, -0.2) is 29.7 Å². The average Bonchev–Trinajstić information content (AvgIpc) is 3.41. The molecule has 42 heavy (non-hydrogen) atoms. The first-order valence-corrected chi connectivity index (χ1v) is 14.7. The van der Waals surface area contributed by atoms with Crippen LogP contribution in [0, 0.1) is 0 Å². The van der Waals surface area contributed by atoms with E-state index in [2.05, 4.69) is 11.4 Å². The summed E-state index contributed by atoms with van der Waals surface area (Å²) in [5.41, 5.74) is 4.84. The van der Waals surface area contributed by atoms with Crippen molar-refractivity contribution < 1.29 is 24.2 Å². The highest BCUT2D eigenvalue weighted by Gasteiger charge is 2.43. The van der Waals surface area contributed by atoms with Gasteiger partial charge in [0.15, 0.2) is 5.78 Å². The number of allylic oxidation sites excluding steroid dienone is 3. The van der Waals surface area contributed by atoms with Crippen LogP contribution < -0.4 is 10.1 Å². The summed E-state index contributed by atoms with van der Waals surface area (Å²) in [6, 6.07) is 19.8. The number of unbranched alkanes of at least 4 members (excludes halogenated alkanes) is 3. The molecule has 6 heteroatoms. The van der Waals surface area contributed by atoms with Crippen LogP contribution in [-0.2, 0) is 16.1 Å². The van der Waals surface area contributed by atoms with E-state index in [4.69, 9.17) is 4.74 Å². The lowest BCUT2D eigenvalue weighted by molar-refractivity contribution is -0.116. The Morgan fingerprint density at radius 3 is 2.52 bits per heavy atom. The van der Waals surface area contributed by atoms with Crippen molar-refractivity contribution in [3.05, 3.63) is 106 Å². The molecule has 7 rings (SSSR count). The summed E-state index contributed by atoms with van der Waals surface area (Å²) in [4.78, 5) is 38.5. The Balaban J connectivity index is 1.54. The van der Waals surface area contributed by atoms with Crippen molar-refractivity contribution in [3.63, 3.8) is 0 Å². The smallest absolute Gasteiger partial charge is 0.252 e. The van der Waals surface area contributed by atoms with Crippen LogP contribution in [0.5, 0.6) is 5.75 Å². The number of aldehydes is 1. The number of nitrogens with one attached hydrogen (secondary N) is 1. The molecule has 0 aromatic heterocycles. The van der Waals surface area contributed by atoms with Gasteiger partial charge in [-0.05, 0) is 82.7 Å². The number of hydrogen-bond acceptors (Lipinski definition) is 5. The largest absolute Gasteiger partial charge is 0.508 e. The van der Waals surface area contributed by atoms with Gasteiger partial charge in [-0.2, -0.15) is 0 Å². The number of Topliss-reactive ketones (excluding diaryl/α,β-unsaturated/α-hetero) is 1. The lowest BCUT2D eigenvalue weighted by Crippen LogP contribution is -2.28. The fourth-order valence-corrected chi connectivity index (χ4v) is 6.99. The fraction of sp³-hybridized carbons (Fsp3) is 0.250. The lowest BCUT2D eigenvalue weighted by Gasteiger charge is -2.34. The molecule has 3 aliphatic rings. The normalized spacial score (nSPS) is 17.5. The van der Waals surface area contributed by atoms with Crippen molar-refractivity contribution in [3.8, 4) is 5.75 Å². The zero-order valence-electron chi connectivity index (χ0n) is 23.2. The highest BCUT2D eigenvalue weighted by atomic mass is 16.5. The molecule has 4 aromatic rings. The second-order valence-electron chi connectivity index (χ2n) is 11.2. The number of ether oxygens (including phenoxy) is 1. The maximum absolute atomic E-state index is 14.3. The first-order chi connectivity index (χ1) is 20.6. The molecule has 210 valence electrons. The maximum atomic E-state index is 14.3. The van der Waals surface area contributed by atoms with Gasteiger partial charge in [0.2, 0.25) is 0 Å². The fourth-order valence-electron chi connectivity index (χ4n) is 6.99. The van der Waals surface area contributed by atoms with E-state index in [0.717, 1.165) is 69.5 Å². The molecule has 0 spiro atoms. The van der Waals surface area contributed by atoms with Crippen LogP contribution in [0.4, 0.5) is 0 Å². The molecular formula is C36H31NO5. The minimum Gasteiger partial charge on any atom is -0.508 e. The molecule has 0 fully saturated rings. The van der Waals surface area contributed by atoms with Crippen molar-refractivity contribution in [2.24, 2.45) is 0 Å². The van der Waals surface area contributed by atoms with Crippen LogP contribution in [0.3, 0.4) is 0 Å². The molecule has 0 saturated heterocycles. The van der Waals surface area contributed by atoms with Gasteiger partial charge in [0.1, 0.15) is 17.8 Å². The number of ketones is 1. The summed E-state index contributed by atoms with van der Waals surface area (Å²) in [6.07, 6.45) is 6.99. The van der Waals surface area contributed by atoms with Crippen molar-refractivity contribution in [1.29, 1.82) is 0 Å². The number of amides is 1. The van der Waals surface area contributed by atoms with Gasteiger partial charge in [-0.15, -0.1) is 0 Å². The van der Waals surface area contributed by atoms with E-state index in [9.17, 15) is 19.5 Å². The second kappa shape index (κ2) is 10.6.